The third kappa shape index (κ3) is 3.33. The van der Waals surface area contributed by atoms with Gasteiger partial charge in [-0.15, -0.1) is 0 Å². The van der Waals surface area contributed by atoms with Crippen LogP contribution < -0.4 is 5.32 Å². The third-order valence-electron chi connectivity index (χ3n) is 4.35. The Morgan fingerprint density at radius 1 is 1.10 bits per heavy atom. The van der Waals surface area contributed by atoms with Crippen molar-refractivity contribution in [1.82, 2.24) is 5.32 Å². The van der Waals surface area contributed by atoms with Crippen LogP contribution in [0.3, 0.4) is 0 Å². The summed E-state index contributed by atoms with van der Waals surface area (Å²) < 4.78 is 1.12. The molecule has 21 heavy (non-hydrogen) atoms. The van der Waals surface area contributed by atoms with Crippen molar-refractivity contribution in [2.45, 2.75) is 25.2 Å². The minimum Gasteiger partial charge on any atom is -0.316 e. The maximum atomic E-state index is 6.08. The van der Waals surface area contributed by atoms with Crippen LogP contribution in [0.15, 0.2) is 46.9 Å². The summed E-state index contributed by atoms with van der Waals surface area (Å²) in [4.78, 5) is 0. The first-order valence-corrected chi connectivity index (χ1v) is 8.54. The molecule has 0 bridgehead atoms. The Morgan fingerprint density at radius 3 is 2.57 bits per heavy atom. The number of benzene rings is 2. The van der Waals surface area contributed by atoms with Gasteiger partial charge in [0.25, 0.3) is 0 Å². The van der Waals surface area contributed by atoms with E-state index in [1.165, 1.54) is 16.7 Å². The van der Waals surface area contributed by atoms with Crippen LogP contribution in [0.25, 0.3) is 0 Å². The molecule has 1 heterocycles. The standard InChI is InChI=1S/C18H19BrClN/c1-12-2-4-13(5-3-12)17-11-21-9-8-15(17)16-7-6-14(20)10-18(16)19/h2-7,10,15,17,21H,8-9,11H2,1H3. The van der Waals surface area contributed by atoms with Crippen molar-refractivity contribution in [2.75, 3.05) is 13.1 Å². The van der Waals surface area contributed by atoms with Gasteiger partial charge in [0.05, 0.1) is 0 Å². The predicted octanol–water partition coefficient (Wildman–Crippen LogP) is 5.27. The van der Waals surface area contributed by atoms with E-state index in [2.05, 4.69) is 58.5 Å². The predicted molar refractivity (Wildman–Crippen MR) is 93.3 cm³/mol. The number of nitrogens with one attached hydrogen (secondary N) is 1. The number of aryl methyl sites for hydroxylation is 1. The first kappa shape index (κ1) is 15.1. The van der Waals surface area contributed by atoms with E-state index in [1.54, 1.807) is 0 Å². The lowest BCUT2D eigenvalue weighted by Gasteiger charge is -2.33. The average molecular weight is 365 g/mol. The molecule has 2 atom stereocenters. The van der Waals surface area contributed by atoms with Crippen molar-refractivity contribution in [3.63, 3.8) is 0 Å². The van der Waals surface area contributed by atoms with Crippen LogP contribution in [-0.2, 0) is 0 Å². The summed E-state index contributed by atoms with van der Waals surface area (Å²) in [6, 6.07) is 15.1. The van der Waals surface area contributed by atoms with Gasteiger partial charge in [0.2, 0.25) is 0 Å². The molecule has 3 heteroatoms. The number of rotatable bonds is 2. The molecule has 1 fully saturated rings. The van der Waals surface area contributed by atoms with Crippen LogP contribution in [0.4, 0.5) is 0 Å². The summed E-state index contributed by atoms with van der Waals surface area (Å²) in [5.74, 6) is 1.04. The van der Waals surface area contributed by atoms with E-state index in [0.717, 1.165) is 29.0 Å². The Hall–Kier alpha value is -0.830. The Kier molecular flexibility index (Phi) is 4.68. The number of hydrogen-bond donors (Lipinski definition) is 1. The van der Waals surface area contributed by atoms with Gasteiger partial charge in [-0.2, -0.15) is 0 Å². The molecule has 3 rings (SSSR count). The first-order valence-electron chi connectivity index (χ1n) is 7.37. The second kappa shape index (κ2) is 6.51. The van der Waals surface area contributed by atoms with Crippen molar-refractivity contribution >= 4 is 27.5 Å². The lowest BCUT2D eigenvalue weighted by molar-refractivity contribution is 0.403. The highest BCUT2D eigenvalue weighted by atomic mass is 79.9. The molecule has 1 nitrogen and oxygen atoms in total. The van der Waals surface area contributed by atoms with E-state index < -0.39 is 0 Å². The summed E-state index contributed by atoms with van der Waals surface area (Å²) in [6.45, 7) is 4.24. The molecule has 2 aromatic carbocycles. The van der Waals surface area contributed by atoms with Crippen molar-refractivity contribution in [3.05, 3.63) is 68.7 Å². The second-order valence-corrected chi connectivity index (χ2v) is 7.07. The highest BCUT2D eigenvalue weighted by molar-refractivity contribution is 9.10. The van der Waals surface area contributed by atoms with Gasteiger partial charge in [0.15, 0.2) is 0 Å². The molecule has 0 aliphatic carbocycles. The minimum atomic E-state index is 0.511. The zero-order valence-corrected chi connectivity index (χ0v) is 14.4. The molecule has 0 spiro atoms. The number of halogens is 2. The fraction of sp³-hybridized carbons (Fsp3) is 0.333. The van der Waals surface area contributed by atoms with E-state index in [-0.39, 0.29) is 0 Å². The maximum absolute atomic E-state index is 6.08. The Bertz CT molecular complexity index is 624. The largest absolute Gasteiger partial charge is 0.316 e. The molecule has 0 saturated carbocycles. The molecule has 0 amide bonds. The zero-order valence-electron chi connectivity index (χ0n) is 12.1. The lowest BCUT2D eigenvalue weighted by Crippen LogP contribution is -2.34. The smallest absolute Gasteiger partial charge is 0.0417 e. The SMILES string of the molecule is Cc1ccc(C2CNCCC2c2ccc(Cl)cc2Br)cc1. The number of hydrogen-bond acceptors (Lipinski definition) is 1. The normalized spacial score (nSPS) is 22.2. The summed E-state index contributed by atoms with van der Waals surface area (Å²) in [6.07, 6.45) is 1.15. The van der Waals surface area contributed by atoms with Crippen molar-refractivity contribution in [3.8, 4) is 0 Å². The van der Waals surface area contributed by atoms with E-state index >= 15 is 0 Å². The van der Waals surface area contributed by atoms with Gasteiger partial charge in [0.1, 0.15) is 0 Å². The summed E-state index contributed by atoms with van der Waals surface area (Å²) >= 11 is 9.77. The monoisotopic (exact) mass is 363 g/mol. The van der Waals surface area contributed by atoms with Gasteiger partial charge < -0.3 is 5.32 Å². The molecule has 1 aliphatic heterocycles. The molecular formula is C18H19BrClN. The van der Waals surface area contributed by atoms with E-state index in [0.29, 0.717) is 11.8 Å². The molecule has 1 N–H and O–H groups in total. The van der Waals surface area contributed by atoms with Gasteiger partial charge >= 0.3 is 0 Å². The fourth-order valence-corrected chi connectivity index (χ4v) is 4.17. The molecule has 0 radical (unpaired) electrons. The van der Waals surface area contributed by atoms with E-state index in [9.17, 15) is 0 Å². The highest BCUT2D eigenvalue weighted by Crippen LogP contribution is 2.40. The quantitative estimate of drug-likeness (QED) is 0.765. The lowest BCUT2D eigenvalue weighted by atomic mass is 9.77. The number of piperidine rings is 1. The first-order chi connectivity index (χ1) is 10.1. The molecular weight excluding hydrogens is 346 g/mol. The van der Waals surface area contributed by atoms with Gasteiger partial charge in [0, 0.05) is 22.0 Å². The van der Waals surface area contributed by atoms with Crippen LogP contribution in [0.5, 0.6) is 0 Å². The molecule has 2 unspecified atom stereocenters. The van der Waals surface area contributed by atoms with Crippen LogP contribution >= 0.6 is 27.5 Å². The third-order valence-corrected chi connectivity index (χ3v) is 5.27. The Balaban J connectivity index is 1.96. The van der Waals surface area contributed by atoms with Crippen molar-refractivity contribution in [2.24, 2.45) is 0 Å². The topological polar surface area (TPSA) is 12.0 Å². The molecule has 0 aromatic heterocycles. The maximum Gasteiger partial charge on any atom is 0.0417 e. The van der Waals surface area contributed by atoms with Gasteiger partial charge in [-0.05, 0) is 49.1 Å². The highest BCUT2D eigenvalue weighted by Gasteiger charge is 2.28. The van der Waals surface area contributed by atoms with Crippen LogP contribution in [0.1, 0.15) is 34.9 Å². The van der Waals surface area contributed by atoms with E-state index in [4.69, 9.17) is 11.6 Å². The average Bonchev–Trinajstić information content (AvgIpc) is 2.48. The van der Waals surface area contributed by atoms with Gasteiger partial charge in [-0.3, -0.25) is 0 Å². The van der Waals surface area contributed by atoms with Crippen LogP contribution in [0, 0.1) is 6.92 Å². The van der Waals surface area contributed by atoms with Gasteiger partial charge in [-0.25, -0.2) is 0 Å². The van der Waals surface area contributed by atoms with Crippen LogP contribution in [-0.4, -0.2) is 13.1 Å². The molecule has 2 aromatic rings. The van der Waals surface area contributed by atoms with E-state index in [1.807, 2.05) is 12.1 Å². The summed E-state index contributed by atoms with van der Waals surface area (Å²) in [7, 11) is 0. The van der Waals surface area contributed by atoms with Gasteiger partial charge in [-0.1, -0.05) is 63.4 Å². The van der Waals surface area contributed by atoms with Crippen molar-refractivity contribution < 1.29 is 0 Å². The molecule has 1 saturated heterocycles. The Morgan fingerprint density at radius 2 is 1.86 bits per heavy atom. The minimum absolute atomic E-state index is 0.511. The van der Waals surface area contributed by atoms with Crippen LogP contribution in [0.2, 0.25) is 5.02 Å². The molecule has 110 valence electrons. The second-order valence-electron chi connectivity index (χ2n) is 5.78. The zero-order chi connectivity index (χ0) is 14.8. The molecule has 1 aliphatic rings. The Labute approximate surface area is 139 Å². The summed E-state index contributed by atoms with van der Waals surface area (Å²) in [5, 5.41) is 4.32. The van der Waals surface area contributed by atoms with Crippen molar-refractivity contribution in [1.29, 1.82) is 0 Å². The summed E-state index contributed by atoms with van der Waals surface area (Å²) in [5.41, 5.74) is 4.10. The fourth-order valence-electron chi connectivity index (χ4n) is 3.20.